The maximum atomic E-state index is 12.2. The van der Waals surface area contributed by atoms with Crippen LogP contribution in [0.25, 0.3) is 0 Å². The van der Waals surface area contributed by atoms with Crippen molar-refractivity contribution < 1.29 is 9.53 Å². The number of ether oxygens (including phenoxy) is 1. The second-order valence-corrected chi connectivity index (χ2v) is 6.31. The normalized spacial score (nSPS) is 10.3. The Morgan fingerprint density at radius 3 is 2.50 bits per heavy atom. The van der Waals surface area contributed by atoms with Crippen molar-refractivity contribution in [2.24, 2.45) is 0 Å². The molecule has 0 atom stereocenters. The van der Waals surface area contributed by atoms with Gasteiger partial charge in [-0.15, -0.1) is 0 Å². The smallest absolute Gasteiger partial charge is 0.141 e. The summed E-state index contributed by atoms with van der Waals surface area (Å²) in [5.74, 6) is 0.912. The quantitative estimate of drug-likeness (QED) is 0.738. The molecular formula is C16H14Br2O2. The van der Waals surface area contributed by atoms with E-state index in [4.69, 9.17) is 4.74 Å². The van der Waals surface area contributed by atoms with Crippen molar-refractivity contribution in [2.75, 3.05) is 7.11 Å². The summed E-state index contributed by atoms with van der Waals surface area (Å²) in [6.07, 6.45) is 0.796. The summed E-state index contributed by atoms with van der Waals surface area (Å²) in [5.41, 5.74) is 1.92. The first-order valence-electron chi connectivity index (χ1n) is 6.17. The van der Waals surface area contributed by atoms with E-state index >= 15 is 0 Å². The van der Waals surface area contributed by atoms with Gasteiger partial charge in [-0.25, -0.2) is 0 Å². The maximum absolute atomic E-state index is 12.2. The van der Waals surface area contributed by atoms with Gasteiger partial charge in [0.05, 0.1) is 7.11 Å². The number of benzene rings is 2. The van der Waals surface area contributed by atoms with E-state index in [-0.39, 0.29) is 5.78 Å². The van der Waals surface area contributed by atoms with Crippen LogP contribution in [0.4, 0.5) is 0 Å². The number of carbonyl (C=O) groups excluding carboxylic acids is 1. The van der Waals surface area contributed by atoms with Crippen LogP contribution in [0, 0.1) is 0 Å². The second kappa shape index (κ2) is 7.04. The van der Waals surface area contributed by atoms with Crippen LogP contribution in [0.2, 0.25) is 0 Å². The molecule has 0 unspecified atom stereocenters. The Morgan fingerprint density at radius 1 is 1.05 bits per heavy atom. The fourth-order valence-corrected chi connectivity index (χ4v) is 2.89. The summed E-state index contributed by atoms with van der Waals surface area (Å²) in [6.45, 7) is 0. The van der Waals surface area contributed by atoms with E-state index in [0.29, 0.717) is 12.8 Å². The largest absolute Gasteiger partial charge is 0.496 e. The second-order valence-electron chi connectivity index (χ2n) is 4.48. The summed E-state index contributed by atoms with van der Waals surface area (Å²) in [4.78, 5) is 12.2. The lowest BCUT2D eigenvalue weighted by Crippen LogP contribution is -2.07. The molecule has 0 aromatic heterocycles. The first-order valence-corrected chi connectivity index (χ1v) is 7.75. The zero-order valence-electron chi connectivity index (χ0n) is 11.0. The van der Waals surface area contributed by atoms with E-state index < -0.39 is 0 Å². The number of halogens is 2. The lowest BCUT2D eigenvalue weighted by atomic mass is 10.0. The Kier molecular flexibility index (Phi) is 5.38. The average Bonchev–Trinajstić information content (AvgIpc) is 2.38. The summed E-state index contributed by atoms with van der Waals surface area (Å²) in [6, 6.07) is 13.5. The van der Waals surface area contributed by atoms with Crippen molar-refractivity contribution >= 4 is 37.6 Å². The molecule has 2 aromatic carbocycles. The molecule has 2 nitrogen and oxygen atoms in total. The van der Waals surface area contributed by atoms with Gasteiger partial charge in [-0.05, 0) is 35.9 Å². The van der Waals surface area contributed by atoms with Gasteiger partial charge in [0.15, 0.2) is 0 Å². The third-order valence-electron chi connectivity index (χ3n) is 2.92. The minimum atomic E-state index is 0.166. The van der Waals surface area contributed by atoms with Crippen molar-refractivity contribution in [1.82, 2.24) is 0 Å². The van der Waals surface area contributed by atoms with Gasteiger partial charge in [0.1, 0.15) is 11.5 Å². The summed E-state index contributed by atoms with van der Waals surface area (Å²) < 4.78 is 7.23. The molecule has 104 valence electrons. The molecule has 0 aliphatic heterocycles. The lowest BCUT2D eigenvalue weighted by molar-refractivity contribution is -0.117. The van der Waals surface area contributed by atoms with Crippen LogP contribution in [-0.2, 0) is 17.6 Å². The molecule has 0 radical (unpaired) electrons. The Bertz CT molecular complexity index is 624. The molecule has 0 saturated carbocycles. The maximum Gasteiger partial charge on any atom is 0.141 e. The van der Waals surface area contributed by atoms with Crippen molar-refractivity contribution in [3.63, 3.8) is 0 Å². The van der Waals surface area contributed by atoms with Crippen LogP contribution in [0.15, 0.2) is 51.4 Å². The number of rotatable bonds is 5. The monoisotopic (exact) mass is 396 g/mol. The van der Waals surface area contributed by atoms with Crippen LogP contribution in [0.1, 0.15) is 11.1 Å². The van der Waals surface area contributed by atoms with Gasteiger partial charge in [-0.1, -0.05) is 44.0 Å². The van der Waals surface area contributed by atoms with Crippen molar-refractivity contribution in [1.29, 1.82) is 0 Å². The van der Waals surface area contributed by atoms with Crippen LogP contribution in [0.5, 0.6) is 5.75 Å². The molecule has 0 fully saturated rings. The van der Waals surface area contributed by atoms with E-state index in [2.05, 4.69) is 31.9 Å². The summed E-state index contributed by atoms with van der Waals surface area (Å²) >= 11 is 6.83. The van der Waals surface area contributed by atoms with Gasteiger partial charge in [-0.3, -0.25) is 4.79 Å². The predicted molar refractivity (Wildman–Crippen MR) is 87.3 cm³/mol. The Hall–Kier alpha value is -1.13. The molecular weight excluding hydrogens is 384 g/mol. The highest BCUT2D eigenvalue weighted by Gasteiger charge is 2.10. The molecule has 0 bridgehead atoms. The van der Waals surface area contributed by atoms with Crippen LogP contribution in [-0.4, -0.2) is 12.9 Å². The number of hydrogen-bond donors (Lipinski definition) is 0. The number of methoxy groups -OCH3 is 1. The topological polar surface area (TPSA) is 26.3 Å². The molecule has 0 aliphatic rings. The number of carbonyl (C=O) groups is 1. The van der Waals surface area contributed by atoms with Crippen LogP contribution < -0.4 is 4.74 Å². The van der Waals surface area contributed by atoms with E-state index in [1.54, 1.807) is 7.11 Å². The third-order valence-corrected chi connectivity index (χ3v) is 3.91. The highest BCUT2D eigenvalue weighted by Crippen LogP contribution is 2.24. The third kappa shape index (κ3) is 4.18. The van der Waals surface area contributed by atoms with Gasteiger partial charge in [-0.2, -0.15) is 0 Å². The molecule has 0 spiro atoms. The van der Waals surface area contributed by atoms with Crippen LogP contribution in [0.3, 0.4) is 0 Å². The van der Waals surface area contributed by atoms with Crippen molar-refractivity contribution in [2.45, 2.75) is 12.8 Å². The molecule has 0 aliphatic carbocycles. The van der Waals surface area contributed by atoms with Crippen LogP contribution >= 0.6 is 31.9 Å². The number of Topliss-reactive ketones (excluding diaryl/α,β-unsaturated/α-hetero) is 1. The summed E-state index contributed by atoms with van der Waals surface area (Å²) in [7, 11) is 1.62. The summed E-state index contributed by atoms with van der Waals surface area (Å²) in [5, 5.41) is 0. The molecule has 2 aromatic rings. The molecule has 0 heterocycles. The Morgan fingerprint density at radius 2 is 1.80 bits per heavy atom. The van der Waals surface area contributed by atoms with Gasteiger partial charge in [0.2, 0.25) is 0 Å². The molecule has 2 rings (SSSR count). The van der Waals surface area contributed by atoms with E-state index in [9.17, 15) is 4.79 Å². The van der Waals surface area contributed by atoms with E-state index in [1.807, 2.05) is 42.5 Å². The minimum Gasteiger partial charge on any atom is -0.496 e. The van der Waals surface area contributed by atoms with Gasteiger partial charge < -0.3 is 4.74 Å². The Balaban J connectivity index is 2.10. The minimum absolute atomic E-state index is 0.166. The molecule has 4 heteroatoms. The zero-order valence-corrected chi connectivity index (χ0v) is 14.2. The predicted octanol–water partition coefficient (Wildman–Crippen LogP) is 4.57. The molecule has 0 amide bonds. The fraction of sp³-hybridized carbons (Fsp3) is 0.188. The van der Waals surface area contributed by atoms with Gasteiger partial charge >= 0.3 is 0 Å². The Labute approximate surface area is 135 Å². The lowest BCUT2D eigenvalue weighted by Gasteiger charge is -2.08. The average molecular weight is 398 g/mol. The van der Waals surface area contributed by atoms with Crippen molar-refractivity contribution in [3.05, 3.63) is 62.5 Å². The molecule has 0 saturated heterocycles. The molecule has 20 heavy (non-hydrogen) atoms. The number of ketones is 1. The molecule has 0 N–H and O–H groups in total. The standard InChI is InChI=1S/C16H14Br2O2/c1-20-16-6-5-14(18)9-12(16)10-15(19)8-11-3-2-4-13(17)7-11/h2-7,9H,8,10H2,1H3. The fourth-order valence-electron chi connectivity index (χ4n) is 2.03. The van der Waals surface area contributed by atoms with E-state index in [0.717, 1.165) is 25.8 Å². The van der Waals surface area contributed by atoms with E-state index in [1.165, 1.54) is 0 Å². The highest BCUT2D eigenvalue weighted by atomic mass is 79.9. The SMILES string of the molecule is COc1ccc(Br)cc1CC(=O)Cc1cccc(Br)c1. The first-order chi connectivity index (χ1) is 9.58. The van der Waals surface area contributed by atoms with Gasteiger partial charge in [0, 0.05) is 27.4 Å². The number of hydrogen-bond acceptors (Lipinski definition) is 2. The highest BCUT2D eigenvalue weighted by molar-refractivity contribution is 9.10. The zero-order chi connectivity index (χ0) is 14.5. The first kappa shape index (κ1) is 15.3. The van der Waals surface area contributed by atoms with Gasteiger partial charge in [0.25, 0.3) is 0 Å². The van der Waals surface area contributed by atoms with Crippen molar-refractivity contribution in [3.8, 4) is 5.75 Å².